The number of hydrogen-bond acceptors (Lipinski definition) is 3. The molecule has 0 radical (unpaired) electrons. The van der Waals surface area contributed by atoms with Gasteiger partial charge in [0.05, 0.1) is 0 Å². The van der Waals surface area contributed by atoms with E-state index in [0.29, 0.717) is 29.3 Å². The van der Waals surface area contributed by atoms with Gasteiger partial charge in [-0.3, -0.25) is 14.4 Å². The second-order valence-electron chi connectivity index (χ2n) is 5.21. The number of benzene rings is 2. The van der Waals surface area contributed by atoms with Gasteiger partial charge in [0.25, 0.3) is 0 Å². The molecule has 1 unspecified atom stereocenters. The van der Waals surface area contributed by atoms with Crippen molar-refractivity contribution in [2.45, 2.75) is 18.9 Å². The summed E-state index contributed by atoms with van der Waals surface area (Å²) >= 11 is 11.5. The molecule has 2 amide bonds. The predicted octanol–water partition coefficient (Wildman–Crippen LogP) is 3.50. The number of rotatable bonds is 7. The fraction of sp³-hybridized carbons (Fsp3) is 0.211. The molecule has 1 atom stereocenters. The lowest BCUT2D eigenvalue weighted by Crippen LogP contribution is -2.33. The number of primary amides is 1. The second-order valence-corrected chi connectivity index (χ2v) is 6.03. The summed E-state index contributed by atoms with van der Waals surface area (Å²) in [5.74, 6) is 0.0445. The quantitative estimate of drug-likeness (QED) is 0.427. The van der Waals surface area contributed by atoms with E-state index in [0.717, 1.165) is 5.56 Å². The Labute approximate surface area is 162 Å². The Morgan fingerprint density at radius 2 is 1.65 bits per heavy atom. The van der Waals surface area contributed by atoms with Gasteiger partial charge in [0.1, 0.15) is 6.04 Å². The first kappa shape index (κ1) is 21.7. The van der Waals surface area contributed by atoms with E-state index in [9.17, 15) is 9.59 Å². The normalized spacial score (nSPS) is 10.8. The molecule has 0 heterocycles. The van der Waals surface area contributed by atoms with E-state index >= 15 is 0 Å². The highest BCUT2D eigenvalue weighted by Gasteiger charge is 2.23. The van der Waals surface area contributed by atoms with E-state index in [2.05, 4.69) is 11.1 Å². The number of carbonyl (C=O) groups is 3. The SMILES string of the molecule is NC=O.O=C(CCCCl)NC(C(=O)c1ccc(Cl)cc1)c1ccccc1. The molecule has 5 nitrogen and oxygen atoms in total. The Morgan fingerprint density at radius 1 is 1.08 bits per heavy atom. The summed E-state index contributed by atoms with van der Waals surface area (Å²) in [6.45, 7) is 0. The van der Waals surface area contributed by atoms with Crippen LogP contribution < -0.4 is 11.1 Å². The number of carbonyl (C=O) groups excluding carboxylic acids is 3. The van der Waals surface area contributed by atoms with Crippen LogP contribution in [0.3, 0.4) is 0 Å². The zero-order valence-corrected chi connectivity index (χ0v) is 15.5. The minimum absolute atomic E-state index is 0.174. The molecule has 2 aromatic rings. The highest BCUT2D eigenvalue weighted by molar-refractivity contribution is 6.30. The lowest BCUT2D eigenvalue weighted by molar-refractivity contribution is -0.121. The van der Waals surface area contributed by atoms with Gasteiger partial charge in [0, 0.05) is 22.9 Å². The van der Waals surface area contributed by atoms with Crippen LogP contribution in [0.15, 0.2) is 54.6 Å². The third kappa shape index (κ3) is 7.25. The number of halogens is 2. The number of alkyl halides is 1. The molecule has 2 rings (SSSR count). The van der Waals surface area contributed by atoms with Gasteiger partial charge in [-0.25, -0.2) is 0 Å². The molecule has 2 aromatic carbocycles. The summed E-state index contributed by atoms with van der Waals surface area (Å²) in [6, 6.07) is 15.1. The van der Waals surface area contributed by atoms with Crippen LogP contribution in [-0.4, -0.2) is 24.0 Å². The van der Waals surface area contributed by atoms with Crippen molar-refractivity contribution in [3.8, 4) is 0 Å². The average molecular weight is 395 g/mol. The molecule has 26 heavy (non-hydrogen) atoms. The minimum Gasteiger partial charge on any atom is -0.372 e. The van der Waals surface area contributed by atoms with Crippen LogP contribution in [0.1, 0.15) is 34.8 Å². The van der Waals surface area contributed by atoms with Crippen molar-refractivity contribution in [3.63, 3.8) is 0 Å². The van der Waals surface area contributed by atoms with Crippen LogP contribution in [-0.2, 0) is 9.59 Å². The molecule has 0 spiro atoms. The van der Waals surface area contributed by atoms with Crippen molar-refractivity contribution in [1.29, 1.82) is 0 Å². The fourth-order valence-electron chi connectivity index (χ4n) is 2.19. The summed E-state index contributed by atoms with van der Waals surface area (Å²) in [5.41, 5.74) is 5.41. The van der Waals surface area contributed by atoms with Crippen LogP contribution in [0, 0.1) is 0 Å². The van der Waals surface area contributed by atoms with E-state index in [1.165, 1.54) is 0 Å². The molecule has 0 saturated heterocycles. The van der Waals surface area contributed by atoms with Gasteiger partial charge < -0.3 is 11.1 Å². The highest BCUT2D eigenvalue weighted by Crippen LogP contribution is 2.20. The summed E-state index contributed by atoms with van der Waals surface area (Å²) in [7, 11) is 0. The summed E-state index contributed by atoms with van der Waals surface area (Å²) in [6.07, 6.45) is 1.12. The van der Waals surface area contributed by atoms with Gasteiger partial charge in [-0.1, -0.05) is 41.9 Å². The van der Waals surface area contributed by atoms with Crippen molar-refractivity contribution in [1.82, 2.24) is 5.32 Å². The fourth-order valence-corrected chi connectivity index (χ4v) is 2.45. The van der Waals surface area contributed by atoms with Crippen LogP contribution in [0.5, 0.6) is 0 Å². The van der Waals surface area contributed by atoms with Gasteiger partial charge in [-0.2, -0.15) is 0 Å². The van der Waals surface area contributed by atoms with E-state index in [1.54, 1.807) is 24.3 Å². The van der Waals surface area contributed by atoms with Gasteiger partial charge in [-0.15, -0.1) is 11.6 Å². The average Bonchev–Trinajstić information content (AvgIpc) is 2.66. The smallest absolute Gasteiger partial charge is 0.220 e. The van der Waals surface area contributed by atoms with E-state index < -0.39 is 6.04 Å². The number of ketones is 1. The van der Waals surface area contributed by atoms with Crippen LogP contribution >= 0.6 is 23.2 Å². The molecule has 7 heteroatoms. The van der Waals surface area contributed by atoms with Crippen molar-refractivity contribution in [3.05, 3.63) is 70.7 Å². The first-order valence-electron chi connectivity index (χ1n) is 7.89. The molecule has 0 saturated carbocycles. The lowest BCUT2D eigenvalue weighted by atomic mass is 9.97. The predicted molar refractivity (Wildman–Crippen MR) is 103 cm³/mol. The summed E-state index contributed by atoms with van der Waals surface area (Å²) in [5, 5.41) is 3.36. The van der Waals surface area contributed by atoms with Gasteiger partial charge in [0.2, 0.25) is 12.3 Å². The standard InChI is InChI=1S/C18H17Cl2NO2.CH3NO/c19-12-4-7-16(22)21-17(13-5-2-1-3-6-13)18(23)14-8-10-15(20)11-9-14;2-1-3/h1-3,5-6,8-11,17H,4,7,12H2,(H,21,22);1H,(H2,2,3). The molecule has 0 aliphatic rings. The van der Waals surface area contributed by atoms with E-state index in [-0.39, 0.29) is 18.1 Å². The van der Waals surface area contributed by atoms with Crippen LogP contribution in [0.25, 0.3) is 0 Å². The second kappa shape index (κ2) is 12.1. The molecule has 0 bridgehead atoms. The van der Waals surface area contributed by atoms with Crippen molar-refractivity contribution >= 4 is 41.3 Å². The van der Waals surface area contributed by atoms with Crippen LogP contribution in [0.4, 0.5) is 0 Å². The third-order valence-electron chi connectivity index (χ3n) is 3.37. The molecule has 138 valence electrons. The van der Waals surface area contributed by atoms with E-state index in [4.69, 9.17) is 28.0 Å². The number of Topliss-reactive ketones (excluding diaryl/α,β-unsaturated/α-hetero) is 1. The largest absolute Gasteiger partial charge is 0.372 e. The van der Waals surface area contributed by atoms with Crippen molar-refractivity contribution in [2.24, 2.45) is 5.73 Å². The maximum Gasteiger partial charge on any atom is 0.220 e. The molecule has 0 aliphatic heterocycles. The van der Waals surface area contributed by atoms with Crippen molar-refractivity contribution in [2.75, 3.05) is 5.88 Å². The molecular formula is C19H20Cl2N2O3. The minimum atomic E-state index is -0.722. The molecule has 3 N–H and O–H groups in total. The zero-order chi connectivity index (χ0) is 19.4. The lowest BCUT2D eigenvalue weighted by Gasteiger charge is -2.18. The number of amides is 2. The monoisotopic (exact) mass is 394 g/mol. The Hall–Kier alpha value is -2.37. The first-order chi connectivity index (χ1) is 12.5. The Balaban J connectivity index is 0.00000105. The highest BCUT2D eigenvalue weighted by atomic mass is 35.5. The number of hydrogen-bond donors (Lipinski definition) is 2. The zero-order valence-electron chi connectivity index (χ0n) is 14.0. The molecule has 0 aromatic heterocycles. The summed E-state index contributed by atoms with van der Waals surface area (Å²) in [4.78, 5) is 33.4. The van der Waals surface area contributed by atoms with Gasteiger partial charge >= 0.3 is 0 Å². The third-order valence-corrected chi connectivity index (χ3v) is 3.89. The topological polar surface area (TPSA) is 89.3 Å². The Morgan fingerprint density at radius 3 is 2.19 bits per heavy atom. The molecule has 0 aliphatic carbocycles. The van der Waals surface area contributed by atoms with Gasteiger partial charge in [-0.05, 0) is 36.2 Å². The van der Waals surface area contributed by atoms with Crippen LogP contribution in [0.2, 0.25) is 5.02 Å². The molecular weight excluding hydrogens is 375 g/mol. The summed E-state index contributed by atoms with van der Waals surface area (Å²) < 4.78 is 0. The first-order valence-corrected chi connectivity index (χ1v) is 8.80. The maximum absolute atomic E-state index is 12.8. The van der Waals surface area contributed by atoms with E-state index in [1.807, 2.05) is 30.3 Å². The Kier molecular flexibility index (Phi) is 10.1. The van der Waals surface area contributed by atoms with Gasteiger partial charge in [0.15, 0.2) is 5.78 Å². The Bertz CT molecular complexity index is 706. The number of nitrogens with one attached hydrogen (secondary N) is 1. The molecule has 0 fully saturated rings. The number of nitrogens with two attached hydrogens (primary N) is 1. The maximum atomic E-state index is 12.8. The van der Waals surface area contributed by atoms with Crippen molar-refractivity contribution < 1.29 is 14.4 Å².